The largest absolute Gasteiger partial charge is 0.416 e. The third kappa shape index (κ3) is 3.18. The van der Waals surface area contributed by atoms with Gasteiger partial charge in [-0.2, -0.15) is 13.2 Å². The van der Waals surface area contributed by atoms with Gasteiger partial charge in [-0.3, -0.25) is 0 Å². The standard InChI is InChI=1S/C13H16F3N.ClH/c14-13(15,16)11-4-2-10(3-5-11)8-12(9-17)6-1-7-12;/h2-5H,1,6-9,17H2;1H. The summed E-state index contributed by atoms with van der Waals surface area (Å²) in [7, 11) is 0. The quantitative estimate of drug-likeness (QED) is 0.895. The highest BCUT2D eigenvalue weighted by Gasteiger charge is 2.36. The number of hydrogen-bond acceptors (Lipinski definition) is 1. The minimum atomic E-state index is -4.25. The molecule has 1 nitrogen and oxygen atoms in total. The number of halogens is 4. The van der Waals surface area contributed by atoms with Crippen LogP contribution in [-0.4, -0.2) is 6.54 Å². The molecule has 2 N–H and O–H groups in total. The smallest absolute Gasteiger partial charge is 0.330 e. The lowest BCUT2D eigenvalue weighted by atomic mass is 9.65. The normalized spacial score (nSPS) is 17.8. The van der Waals surface area contributed by atoms with Crippen LogP contribution in [0.4, 0.5) is 13.2 Å². The van der Waals surface area contributed by atoms with Crippen molar-refractivity contribution in [2.45, 2.75) is 31.9 Å². The Bertz CT molecular complexity index is 377. The molecule has 0 heterocycles. The van der Waals surface area contributed by atoms with E-state index in [9.17, 15) is 13.2 Å². The molecule has 0 unspecified atom stereocenters. The Balaban J connectivity index is 0.00000162. The topological polar surface area (TPSA) is 26.0 Å². The maximum Gasteiger partial charge on any atom is 0.416 e. The van der Waals surface area contributed by atoms with Crippen molar-refractivity contribution >= 4 is 12.4 Å². The van der Waals surface area contributed by atoms with E-state index in [2.05, 4.69) is 0 Å². The summed E-state index contributed by atoms with van der Waals surface area (Å²) in [6, 6.07) is 5.44. The zero-order valence-corrected chi connectivity index (χ0v) is 10.8. The molecule has 2 rings (SSSR count). The van der Waals surface area contributed by atoms with Crippen LogP contribution in [0, 0.1) is 5.41 Å². The zero-order valence-electron chi connectivity index (χ0n) is 9.96. The highest BCUT2D eigenvalue weighted by atomic mass is 35.5. The van der Waals surface area contributed by atoms with Crippen LogP contribution in [0.25, 0.3) is 0 Å². The molecule has 0 radical (unpaired) electrons. The average Bonchev–Trinajstić information content (AvgIpc) is 2.23. The fourth-order valence-electron chi connectivity index (χ4n) is 2.37. The molecule has 0 spiro atoms. The number of benzene rings is 1. The molecular weight excluding hydrogens is 263 g/mol. The summed E-state index contributed by atoms with van der Waals surface area (Å²) in [5.74, 6) is 0. The molecule has 1 saturated carbocycles. The second kappa shape index (κ2) is 5.49. The third-order valence-corrected chi connectivity index (χ3v) is 3.71. The lowest BCUT2D eigenvalue weighted by Crippen LogP contribution is -2.39. The highest BCUT2D eigenvalue weighted by Crippen LogP contribution is 2.42. The van der Waals surface area contributed by atoms with Crippen LogP contribution in [0.3, 0.4) is 0 Å². The molecule has 102 valence electrons. The van der Waals surface area contributed by atoms with Gasteiger partial charge in [0.1, 0.15) is 0 Å². The minimum absolute atomic E-state index is 0. The molecule has 0 bridgehead atoms. The van der Waals surface area contributed by atoms with Gasteiger partial charge in [0.25, 0.3) is 0 Å². The predicted molar refractivity (Wildman–Crippen MR) is 67.7 cm³/mol. The van der Waals surface area contributed by atoms with Crippen molar-refractivity contribution in [1.82, 2.24) is 0 Å². The van der Waals surface area contributed by atoms with Crippen molar-refractivity contribution in [3.05, 3.63) is 35.4 Å². The van der Waals surface area contributed by atoms with Crippen molar-refractivity contribution in [3.63, 3.8) is 0 Å². The Morgan fingerprint density at radius 3 is 2.00 bits per heavy atom. The van der Waals surface area contributed by atoms with Gasteiger partial charge in [0.2, 0.25) is 0 Å². The van der Waals surface area contributed by atoms with Gasteiger partial charge in [-0.1, -0.05) is 18.6 Å². The first-order valence-corrected chi connectivity index (χ1v) is 5.81. The zero-order chi connectivity index (χ0) is 12.5. The third-order valence-electron chi connectivity index (χ3n) is 3.71. The van der Waals surface area contributed by atoms with E-state index in [1.165, 1.54) is 6.42 Å². The summed E-state index contributed by atoms with van der Waals surface area (Å²) < 4.78 is 37.1. The molecule has 5 heteroatoms. The predicted octanol–water partition coefficient (Wildman–Crippen LogP) is 3.80. The average molecular weight is 280 g/mol. The molecule has 1 aliphatic rings. The Hall–Kier alpha value is -0.740. The van der Waals surface area contributed by atoms with Crippen molar-refractivity contribution in [1.29, 1.82) is 0 Å². The monoisotopic (exact) mass is 279 g/mol. The summed E-state index contributed by atoms with van der Waals surface area (Å²) in [6.45, 7) is 0.619. The SMILES string of the molecule is Cl.NCC1(Cc2ccc(C(F)(F)F)cc2)CCC1. The molecular formula is C13H17ClF3N. The molecule has 1 aliphatic carbocycles. The lowest BCUT2D eigenvalue weighted by Gasteiger charge is -2.41. The molecule has 0 saturated heterocycles. The second-order valence-electron chi connectivity index (χ2n) is 4.93. The van der Waals surface area contributed by atoms with Gasteiger partial charge in [0.05, 0.1) is 5.56 Å². The van der Waals surface area contributed by atoms with E-state index >= 15 is 0 Å². The van der Waals surface area contributed by atoms with Crippen LogP contribution >= 0.6 is 12.4 Å². The summed E-state index contributed by atoms with van der Waals surface area (Å²) in [4.78, 5) is 0. The molecule has 0 aromatic heterocycles. The van der Waals surface area contributed by atoms with E-state index < -0.39 is 11.7 Å². The van der Waals surface area contributed by atoms with E-state index in [1.54, 1.807) is 12.1 Å². The minimum Gasteiger partial charge on any atom is -0.330 e. The van der Waals surface area contributed by atoms with Gasteiger partial charge >= 0.3 is 6.18 Å². The van der Waals surface area contributed by atoms with E-state index in [4.69, 9.17) is 5.73 Å². The fraction of sp³-hybridized carbons (Fsp3) is 0.538. The van der Waals surface area contributed by atoms with Crippen LogP contribution in [0.2, 0.25) is 0 Å². The van der Waals surface area contributed by atoms with E-state index in [0.29, 0.717) is 6.54 Å². The maximum atomic E-state index is 12.4. The highest BCUT2D eigenvalue weighted by molar-refractivity contribution is 5.85. The van der Waals surface area contributed by atoms with Gasteiger partial charge < -0.3 is 5.73 Å². The van der Waals surface area contributed by atoms with Crippen LogP contribution in [0.1, 0.15) is 30.4 Å². The van der Waals surface area contributed by atoms with Crippen molar-refractivity contribution in [3.8, 4) is 0 Å². The Morgan fingerprint density at radius 1 is 1.11 bits per heavy atom. The molecule has 0 aliphatic heterocycles. The number of nitrogens with two attached hydrogens (primary N) is 1. The number of hydrogen-bond donors (Lipinski definition) is 1. The molecule has 1 fully saturated rings. The molecule has 1 aromatic rings. The van der Waals surface area contributed by atoms with Crippen molar-refractivity contribution in [2.75, 3.05) is 6.54 Å². The van der Waals surface area contributed by atoms with Crippen molar-refractivity contribution in [2.24, 2.45) is 11.1 Å². The second-order valence-corrected chi connectivity index (χ2v) is 4.93. The summed E-state index contributed by atoms with van der Waals surface area (Å²) in [6.07, 6.45) is -0.102. The summed E-state index contributed by atoms with van der Waals surface area (Å²) in [5.41, 5.74) is 6.24. The number of rotatable bonds is 3. The van der Waals surface area contributed by atoms with Crippen LogP contribution in [0.5, 0.6) is 0 Å². The van der Waals surface area contributed by atoms with Crippen LogP contribution in [0.15, 0.2) is 24.3 Å². The summed E-state index contributed by atoms with van der Waals surface area (Å²) >= 11 is 0. The maximum absolute atomic E-state index is 12.4. The van der Waals surface area contributed by atoms with Crippen molar-refractivity contribution < 1.29 is 13.2 Å². The Morgan fingerprint density at radius 2 is 1.67 bits per heavy atom. The molecule has 18 heavy (non-hydrogen) atoms. The number of alkyl halides is 3. The first kappa shape index (κ1) is 15.3. The molecule has 0 atom stereocenters. The molecule has 0 amide bonds. The van der Waals surface area contributed by atoms with Gasteiger partial charge in [0.15, 0.2) is 0 Å². The van der Waals surface area contributed by atoms with Crippen LogP contribution in [-0.2, 0) is 12.6 Å². The lowest BCUT2D eigenvalue weighted by molar-refractivity contribution is -0.137. The van der Waals surface area contributed by atoms with Gasteiger partial charge in [0, 0.05) is 0 Å². The van der Waals surface area contributed by atoms with E-state index in [-0.39, 0.29) is 17.8 Å². The van der Waals surface area contributed by atoms with Crippen LogP contribution < -0.4 is 5.73 Å². The van der Waals surface area contributed by atoms with Gasteiger partial charge in [-0.25, -0.2) is 0 Å². The molecule has 1 aromatic carbocycles. The first-order valence-electron chi connectivity index (χ1n) is 5.81. The Kier molecular flexibility index (Phi) is 4.67. The Labute approximate surface area is 111 Å². The van der Waals surface area contributed by atoms with E-state index in [0.717, 1.165) is 37.0 Å². The van der Waals surface area contributed by atoms with Gasteiger partial charge in [-0.05, 0) is 48.9 Å². The summed E-state index contributed by atoms with van der Waals surface area (Å²) in [5, 5.41) is 0. The van der Waals surface area contributed by atoms with Gasteiger partial charge in [-0.15, -0.1) is 12.4 Å². The fourth-order valence-corrected chi connectivity index (χ4v) is 2.37. The van der Waals surface area contributed by atoms with E-state index in [1.807, 2.05) is 0 Å². The first-order chi connectivity index (χ1) is 7.95.